The molecule has 1 amide bonds. The lowest BCUT2D eigenvalue weighted by atomic mass is 9.99. The van der Waals surface area contributed by atoms with E-state index in [4.69, 9.17) is 9.47 Å². The molecule has 0 aromatic rings. The van der Waals surface area contributed by atoms with E-state index in [2.05, 4.69) is 12.2 Å². The molecule has 1 fully saturated rings. The minimum absolute atomic E-state index is 0.201. The van der Waals surface area contributed by atoms with Crippen LogP contribution >= 0.6 is 0 Å². The molecule has 0 spiro atoms. The first kappa shape index (κ1) is 43.0. The Hall–Kier alpha value is -1.07. The molecular weight excluding hydrogens is 586 g/mol. The van der Waals surface area contributed by atoms with Gasteiger partial charge in [-0.1, -0.05) is 154 Å². The third-order valence-corrected chi connectivity index (χ3v) is 9.15. The second kappa shape index (κ2) is 28.9. The number of allylic oxidation sites excluding steroid dienone is 1. The minimum atomic E-state index is -1.56. The second-order valence-electron chi connectivity index (χ2n) is 13.5. The van der Waals surface area contributed by atoms with Crippen LogP contribution in [0.2, 0.25) is 0 Å². The van der Waals surface area contributed by atoms with E-state index in [0.29, 0.717) is 0 Å². The first-order valence-electron chi connectivity index (χ1n) is 18.9. The zero-order chi connectivity index (χ0) is 33.8. The number of ether oxygens (including phenoxy) is 2. The van der Waals surface area contributed by atoms with Gasteiger partial charge in [0.25, 0.3) is 0 Å². The first-order valence-corrected chi connectivity index (χ1v) is 18.9. The molecule has 6 N–H and O–H groups in total. The average Bonchev–Trinajstić information content (AvgIpc) is 3.04. The normalized spacial score (nSPS) is 23.2. The molecular formula is C37H71NO8. The van der Waals surface area contributed by atoms with Gasteiger partial charge >= 0.3 is 0 Å². The number of rotatable bonds is 30. The predicted octanol–water partition coefficient (Wildman–Crippen LogP) is 6.22. The van der Waals surface area contributed by atoms with Gasteiger partial charge in [-0.3, -0.25) is 4.79 Å². The first-order chi connectivity index (χ1) is 22.3. The summed E-state index contributed by atoms with van der Waals surface area (Å²) < 4.78 is 10.9. The highest BCUT2D eigenvalue weighted by Gasteiger charge is 2.44. The molecule has 7 unspecified atom stereocenters. The highest BCUT2D eigenvalue weighted by atomic mass is 16.7. The number of hydrogen-bond acceptors (Lipinski definition) is 8. The van der Waals surface area contributed by atoms with Crippen LogP contribution < -0.4 is 5.32 Å². The summed E-state index contributed by atoms with van der Waals surface area (Å²) in [6, 6.07) is -0.800. The monoisotopic (exact) mass is 658 g/mol. The van der Waals surface area contributed by atoms with Crippen molar-refractivity contribution in [3.05, 3.63) is 12.2 Å². The molecule has 1 aliphatic heterocycles. The van der Waals surface area contributed by atoms with Crippen molar-refractivity contribution in [2.45, 2.75) is 204 Å². The standard InChI is InChI=1S/C37H71NO8/c1-3-4-5-6-7-8-9-10-11-12-13-14-15-16-17-18-19-20-21-22-23-24-25-26-27-32(41)31(38-30(2)40)29-45-37-36(44)35(43)34(42)33(28-39)46-37/h26-27,31-37,39,41-44H,3-25,28-29H2,1-2H3,(H,38,40)/b27-26+. The summed E-state index contributed by atoms with van der Waals surface area (Å²) in [5.74, 6) is -0.352. The van der Waals surface area contributed by atoms with Gasteiger partial charge in [0, 0.05) is 6.92 Å². The molecule has 1 rings (SSSR count). The molecule has 0 aliphatic carbocycles. The smallest absolute Gasteiger partial charge is 0.217 e. The van der Waals surface area contributed by atoms with Crippen LogP contribution in [0, 0.1) is 0 Å². The molecule has 1 aliphatic rings. The van der Waals surface area contributed by atoms with Crippen molar-refractivity contribution in [1.82, 2.24) is 5.32 Å². The maximum absolute atomic E-state index is 11.7. The number of aliphatic hydroxyl groups excluding tert-OH is 5. The Bertz CT molecular complexity index is 736. The number of carbonyl (C=O) groups excluding carboxylic acids is 1. The number of nitrogens with one attached hydrogen (secondary N) is 1. The zero-order valence-electron chi connectivity index (χ0n) is 29.3. The Balaban J connectivity index is 2.01. The van der Waals surface area contributed by atoms with Crippen LogP contribution in [0.25, 0.3) is 0 Å². The molecule has 9 nitrogen and oxygen atoms in total. The van der Waals surface area contributed by atoms with E-state index in [9.17, 15) is 30.3 Å². The summed E-state index contributed by atoms with van der Waals surface area (Å²) in [6.07, 6.45) is 26.2. The zero-order valence-corrected chi connectivity index (χ0v) is 29.3. The Morgan fingerprint density at radius 3 is 1.57 bits per heavy atom. The van der Waals surface area contributed by atoms with Gasteiger partial charge < -0.3 is 40.3 Å². The Morgan fingerprint density at radius 1 is 0.717 bits per heavy atom. The quantitative estimate of drug-likeness (QED) is 0.0394. The summed E-state index contributed by atoms with van der Waals surface area (Å²) in [4.78, 5) is 11.7. The number of aliphatic hydroxyl groups is 5. The van der Waals surface area contributed by atoms with Gasteiger partial charge in [-0.15, -0.1) is 0 Å². The molecule has 7 atom stereocenters. The van der Waals surface area contributed by atoms with Gasteiger partial charge in [0.1, 0.15) is 24.4 Å². The molecule has 272 valence electrons. The lowest BCUT2D eigenvalue weighted by Crippen LogP contribution is -2.60. The molecule has 9 heteroatoms. The van der Waals surface area contributed by atoms with Crippen LogP contribution in [-0.2, 0) is 14.3 Å². The van der Waals surface area contributed by atoms with Gasteiger partial charge in [-0.25, -0.2) is 0 Å². The van der Waals surface area contributed by atoms with Gasteiger partial charge in [0.2, 0.25) is 5.91 Å². The topological polar surface area (TPSA) is 149 Å². The summed E-state index contributed by atoms with van der Waals surface area (Å²) in [6.45, 7) is 2.85. The maximum atomic E-state index is 11.7. The summed E-state index contributed by atoms with van der Waals surface area (Å²) in [5, 5.41) is 52.6. The molecule has 0 saturated carbocycles. The molecule has 0 aromatic heterocycles. The Kier molecular flexibility index (Phi) is 27.0. The SMILES string of the molecule is CCCCCCCCCCCCCCCCCCCCCCCC/C=C/C(O)C(COC1OC(CO)C(O)C(O)C1O)NC(C)=O. The lowest BCUT2D eigenvalue weighted by Gasteiger charge is -2.40. The van der Waals surface area contributed by atoms with Gasteiger partial charge in [0.05, 0.1) is 25.4 Å². The van der Waals surface area contributed by atoms with Crippen molar-refractivity contribution in [2.24, 2.45) is 0 Å². The van der Waals surface area contributed by atoms with E-state index in [-0.39, 0.29) is 12.5 Å². The number of carbonyl (C=O) groups is 1. The maximum Gasteiger partial charge on any atom is 0.217 e. The van der Waals surface area contributed by atoms with E-state index in [0.717, 1.165) is 19.3 Å². The lowest BCUT2D eigenvalue weighted by molar-refractivity contribution is -0.302. The highest BCUT2D eigenvalue weighted by Crippen LogP contribution is 2.22. The Morgan fingerprint density at radius 2 is 1.15 bits per heavy atom. The fourth-order valence-electron chi connectivity index (χ4n) is 6.13. The van der Waals surface area contributed by atoms with Crippen LogP contribution in [-0.4, -0.2) is 87.5 Å². The average molecular weight is 658 g/mol. The summed E-state index contributed by atoms with van der Waals surface area (Å²) in [5.41, 5.74) is 0. The summed E-state index contributed by atoms with van der Waals surface area (Å²) >= 11 is 0. The molecule has 1 saturated heterocycles. The third kappa shape index (κ3) is 21.0. The van der Waals surface area contributed by atoms with E-state index < -0.39 is 49.5 Å². The van der Waals surface area contributed by atoms with Crippen molar-refractivity contribution in [1.29, 1.82) is 0 Å². The highest BCUT2D eigenvalue weighted by molar-refractivity contribution is 5.73. The Labute approximate surface area is 280 Å². The van der Waals surface area contributed by atoms with Gasteiger partial charge in [-0.05, 0) is 12.8 Å². The fraction of sp³-hybridized carbons (Fsp3) is 0.919. The van der Waals surface area contributed by atoms with Crippen molar-refractivity contribution in [3.63, 3.8) is 0 Å². The molecule has 1 heterocycles. The van der Waals surface area contributed by atoms with Crippen molar-refractivity contribution < 1.29 is 39.8 Å². The van der Waals surface area contributed by atoms with Gasteiger partial charge in [0.15, 0.2) is 6.29 Å². The van der Waals surface area contributed by atoms with Crippen LogP contribution in [0.1, 0.15) is 162 Å². The number of unbranched alkanes of at least 4 members (excludes halogenated alkanes) is 22. The summed E-state index contributed by atoms with van der Waals surface area (Å²) in [7, 11) is 0. The number of hydrogen-bond donors (Lipinski definition) is 6. The van der Waals surface area contributed by atoms with E-state index >= 15 is 0 Å². The van der Waals surface area contributed by atoms with Crippen molar-refractivity contribution in [3.8, 4) is 0 Å². The van der Waals surface area contributed by atoms with Crippen molar-refractivity contribution >= 4 is 5.91 Å². The number of amides is 1. The van der Waals surface area contributed by atoms with E-state index in [1.165, 1.54) is 135 Å². The van der Waals surface area contributed by atoms with Crippen LogP contribution in [0.15, 0.2) is 12.2 Å². The van der Waals surface area contributed by atoms with Crippen LogP contribution in [0.5, 0.6) is 0 Å². The second-order valence-corrected chi connectivity index (χ2v) is 13.5. The van der Waals surface area contributed by atoms with Crippen LogP contribution in [0.4, 0.5) is 0 Å². The van der Waals surface area contributed by atoms with E-state index in [1.807, 2.05) is 6.08 Å². The fourth-order valence-corrected chi connectivity index (χ4v) is 6.13. The van der Waals surface area contributed by atoms with Crippen molar-refractivity contribution in [2.75, 3.05) is 13.2 Å². The predicted molar refractivity (Wildman–Crippen MR) is 184 cm³/mol. The molecule has 0 radical (unpaired) electrons. The molecule has 0 bridgehead atoms. The van der Waals surface area contributed by atoms with Gasteiger partial charge in [-0.2, -0.15) is 0 Å². The molecule has 0 aromatic carbocycles. The largest absolute Gasteiger partial charge is 0.394 e. The van der Waals surface area contributed by atoms with Crippen LogP contribution in [0.3, 0.4) is 0 Å². The van der Waals surface area contributed by atoms with E-state index in [1.54, 1.807) is 6.08 Å². The molecule has 46 heavy (non-hydrogen) atoms. The minimum Gasteiger partial charge on any atom is -0.394 e. The third-order valence-electron chi connectivity index (χ3n) is 9.15.